The third-order valence-electron chi connectivity index (χ3n) is 7.19. The lowest BCUT2D eigenvalue weighted by Crippen LogP contribution is -2.33. The second kappa shape index (κ2) is 11.5. The van der Waals surface area contributed by atoms with Crippen molar-refractivity contribution < 1.29 is 14.3 Å². The Morgan fingerprint density at radius 3 is 2.28 bits per heavy atom. The molecule has 0 radical (unpaired) electrons. The van der Waals surface area contributed by atoms with Gasteiger partial charge in [0.2, 0.25) is 5.91 Å². The van der Waals surface area contributed by atoms with Crippen LogP contribution in [-0.4, -0.2) is 36.2 Å². The van der Waals surface area contributed by atoms with Crippen LogP contribution in [0.5, 0.6) is 11.5 Å². The Balaban J connectivity index is 1.03. The van der Waals surface area contributed by atoms with E-state index in [4.69, 9.17) is 4.74 Å². The predicted octanol–water partition coefficient (Wildman–Crippen LogP) is 6.67. The number of nitrogens with one attached hydrogen (secondary N) is 1. The maximum Gasteiger partial charge on any atom is 0.227 e. The van der Waals surface area contributed by atoms with Gasteiger partial charge in [0.05, 0.1) is 0 Å². The average molecular weight is 483 g/mol. The van der Waals surface area contributed by atoms with Crippen LogP contribution in [0, 0.1) is 5.92 Å². The molecule has 1 aliphatic heterocycles. The number of rotatable bonds is 10. The number of Topliss-reactive ketones (excluding diaryl/α,β-unsaturated/α-hetero) is 1. The van der Waals surface area contributed by atoms with E-state index in [0.717, 1.165) is 74.5 Å². The van der Waals surface area contributed by atoms with Gasteiger partial charge in [0, 0.05) is 23.6 Å². The molecule has 0 aromatic heterocycles. The number of hydrogen-bond acceptors (Lipinski definition) is 4. The Bertz CT molecular complexity index is 1160. The molecule has 186 valence electrons. The van der Waals surface area contributed by atoms with Gasteiger partial charge in [0.1, 0.15) is 11.5 Å². The number of amides is 1. The lowest BCUT2D eigenvalue weighted by molar-refractivity contribution is -0.117. The fourth-order valence-corrected chi connectivity index (χ4v) is 4.89. The highest BCUT2D eigenvalue weighted by Gasteiger charge is 2.29. The maximum absolute atomic E-state index is 12.7. The molecule has 0 unspecified atom stereocenters. The number of anilines is 1. The van der Waals surface area contributed by atoms with E-state index in [1.807, 2.05) is 60.7 Å². The Morgan fingerprint density at radius 2 is 1.56 bits per heavy atom. The minimum Gasteiger partial charge on any atom is -0.457 e. The third-order valence-corrected chi connectivity index (χ3v) is 7.19. The van der Waals surface area contributed by atoms with Crippen LogP contribution in [0.1, 0.15) is 60.4 Å². The van der Waals surface area contributed by atoms with Gasteiger partial charge in [0.25, 0.3) is 0 Å². The fraction of sp³-hybridized carbons (Fsp3) is 0.355. The molecule has 1 N–H and O–H groups in total. The van der Waals surface area contributed by atoms with Crippen molar-refractivity contribution in [2.24, 2.45) is 5.92 Å². The summed E-state index contributed by atoms with van der Waals surface area (Å²) in [7, 11) is 0. The first-order chi connectivity index (χ1) is 17.6. The van der Waals surface area contributed by atoms with E-state index in [-0.39, 0.29) is 17.6 Å². The van der Waals surface area contributed by atoms with Gasteiger partial charge in [-0.25, -0.2) is 0 Å². The van der Waals surface area contributed by atoms with Gasteiger partial charge in [-0.05, 0) is 112 Å². The highest BCUT2D eigenvalue weighted by atomic mass is 16.5. The smallest absolute Gasteiger partial charge is 0.227 e. The summed E-state index contributed by atoms with van der Waals surface area (Å²) < 4.78 is 5.81. The zero-order chi connectivity index (χ0) is 24.7. The molecule has 0 atom stereocenters. The molecule has 2 fully saturated rings. The third kappa shape index (κ3) is 6.61. The van der Waals surface area contributed by atoms with Crippen LogP contribution in [0.3, 0.4) is 0 Å². The quantitative estimate of drug-likeness (QED) is 0.328. The molecule has 2 aliphatic rings. The number of carbonyl (C=O) groups is 2. The monoisotopic (exact) mass is 482 g/mol. The van der Waals surface area contributed by atoms with Crippen LogP contribution in [0.4, 0.5) is 5.69 Å². The van der Waals surface area contributed by atoms with Crippen molar-refractivity contribution in [3.05, 3.63) is 90.0 Å². The molecule has 1 heterocycles. The first kappa shape index (κ1) is 24.3. The molecule has 5 rings (SSSR count). The van der Waals surface area contributed by atoms with Gasteiger partial charge in [0.15, 0.2) is 5.78 Å². The number of ketones is 1. The highest BCUT2D eigenvalue weighted by Crippen LogP contribution is 2.32. The Kier molecular flexibility index (Phi) is 7.77. The minimum absolute atomic E-state index is 0.160. The van der Waals surface area contributed by atoms with Crippen molar-refractivity contribution in [3.8, 4) is 11.5 Å². The minimum atomic E-state index is 0.160. The van der Waals surface area contributed by atoms with Gasteiger partial charge >= 0.3 is 0 Å². The van der Waals surface area contributed by atoms with Crippen LogP contribution in [0.2, 0.25) is 0 Å². The summed E-state index contributed by atoms with van der Waals surface area (Å²) in [5, 5.41) is 3.07. The summed E-state index contributed by atoms with van der Waals surface area (Å²) in [4.78, 5) is 27.2. The molecule has 1 saturated heterocycles. The highest BCUT2D eigenvalue weighted by molar-refractivity contribution is 5.96. The summed E-state index contributed by atoms with van der Waals surface area (Å²) in [6.07, 6.45) is 5.68. The molecular formula is C31H34N2O3. The van der Waals surface area contributed by atoms with Crippen LogP contribution in [0.15, 0.2) is 78.9 Å². The average Bonchev–Trinajstić information content (AvgIpc) is 3.76. The van der Waals surface area contributed by atoms with Gasteiger partial charge < -0.3 is 15.0 Å². The first-order valence-corrected chi connectivity index (χ1v) is 13.1. The standard InChI is InChI=1S/C31H34N2O3/c34-30(24-13-15-29(16-14-24)36-28-8-2-1-3-9-28)10-5-19-33-20-17-23(18-21-33)26-6-4-7-27(22-26)32-31(35)25-11-12-25/h1-4,6-9,13-16,22-23,25H,5,10-12,17-21H2,(H,32,35). The van der Waals surface area contributed by atoms with Gasteiger partial charge in [-0.1, -0.05) is 30.3 Å². The molecule has 1 amide bonds. The Labute approximate surface area is 213 Å². The van der Waals surface area contributed by atoms with Crippen molar-refractivity contribution >= 4 is 17.4 Å². The summed E-state index contributed by atoms with van der Waals surface area (Å²) >= 11 is 0. The number of likely N-dealkylation sites (tertiary alicyclic amines) is 1. The van der Waals surface area contributed by atoms with Crippen molar-refractivity contribution in [2.45, 2.75) is 44.4 Å². The van der Waals surface area contributed by atoms with E-state index in [9.17, 15) is 9.59 Å². The first-order valence-electron chi connectivity index (χ1n) is 13.1. The second-order valence-electron chi connectivity index (χ2n) is 9.97. The summed E-state index contributed by atoms with van der Waals surface area (Å²) in [6.45, 7) is 3.04. The normalized spacial score (nSPS) is 16.4. The lowest BCUT2D eigenvalue weighted by atomic mass is 9.89. The van der Waals surface area contributed by atoms with E-state index < -0.39 is 0 Å². The van der Waals surface area contributed by atoms with Gasteiger partial charge in [-0.2, -0.15) is 0 Å². The molecule has 3 aromatic carbocycles. The predicted molar refractivity (Wildman–Crippen MR) is 143 cm³/mol. The molecule has 1 aliphatic carbocycles. The molecule has 0 bridgehead atoms. The molecule has 0 spiro atoms. The molecule has 36 heavy (non-hydrogen) atoms. The van der Waals surface area contributed by atoms with E-state index >= 15 is 0 Å². The SMILES string of the molecule is O=C(CCCN1CCC(c2cccc(NC(=O)C3CC3)c2)CC1)c1ccc(Oc2ccccc2)cc1. The van der Waals surface area contributed by atoms with E-state index in [0.29, 0.717) is 12.3 Å². The van der Waals surface area contributed by atoms with Crippen LogP contribution in [0.25, 0.3) is 0 Å². The fourth-order valence-electron chi connectivity index (χ4n) is 4.89. The number of nitrogens with zero attached hydrogens (tertiary/aromatic N) is 1. The molecule has 5 nitrogen and oxygen atoms in total. The number of ether oxygens (including phenoxy) is 1. The second-order valence-corrected chi connectivity index (χ2v) is 9.97. The zero-order valence-corrected chi connectivity index (χ0v) is 20.7. The Morgan fingerprint density at radius 1 is 0.833 bits per heavy atom. The molecular weight excluding hydrogens is 448 g/mol. The molecule has 3 aromatic rings. The van der Waals surface area contributed by atoms with Crippen LogP contribution in [-0.2, 0) is 4.79 Å². The topological polar surface area (TPSA) is 58.6 Å². The Hall–Kier alpha value is -3.44. The maximum atomic E-state index is 12.7. The summed E-state index contributed by atoms with van der Waals surface area (Å²) in [5.41, 5.74) is 2.98. The number of para-hydroxylation sites is 1. The van der Waals surface area contributed by atoms with Gasteiger partial charge in [-0.15, -0.1) is 0 Å². The van der Waals surface area contributed by atoms with Gasteiger partial charge in [-0.3, -0.25) is 9.59 Å². The zero-order valence-electron chi connectivity index (χ0n) is 20.7. The van der Waals surface area contributed by atoms with E-state index in [1.54, 1.807) is 0 Å². The lowest BCUT2D eigenvalue weighted by Gasteiger charge is -2.32. The molecule has 5 heteroatoms. The summed E-state index contributed by atoms with van der Waals surface area (Å²) in [5.74, 6) is 2.60. The number of piperidine rings is 1. The van der Waals surface area contributed by atoms with E-state index in [2.05, 4.69) is 28.4 Å². The van der Waals surface area contributed by atoms with Crippen molar-refractivity contribution in [3.63, 3.8) is 0 Å². The van der Waals surface area contributed by atoms with E-state index in [1.165, 1.54) is 5.56 Å². The number of carbonyl (C=O) groups excluding carboxylic acids is 2. The summed E-state index contributed by atoms with van der Waals surface area (Å²) in [6, 6.07) is 25.4. The van der Waals surface area contributed by atoms with Crippen molar-refractivity contribution in [1.29, 1.82) is 0 Å². The van der Waals surface area contributed by atoms with Crippen molar-refractivity contribution in [2.75, 3.05) is 25.0 Å². The number of benzene rings is 3. The number of hydrogen-bond donors (Lipinski definition) is 1. The largest absolute Gasteiger partial charge is 0.457 e. The van der Waals surface area contributed by atoms with Crippen molar-refractivity contribution in [1.82, 2.24) is 4.90 Å². The molecule has 1 saturated carbocycles. The van der Waals surface area contributed by atoms with Crippen LogP contribution < -0.4 is 10.1 Å². The van der Waals surface area contributed by atoms with Crippen LogP contribution >= 0.6 is 0 Å².